The average molecular weight is 321 g/mol. The Morgan fingerprint density at radius 1 is 1.30 bits per heavy atom. The molecule has 7 heteroatoms. The predicted molar refractivity (Wildman–Crippen MR) is 91.0 cm³/mol. The fraction of sp³-hybridized carbons (Fsp3) is 0.500. The molecule has 1 aromatic rings. The van der Waals surface area contributed by atoms with Gasteiger partial charge in [0.1, 0.15) is 0 Å². The van der Waals surface area contributed by atoms with Crippen molar-refractivity contribution in [3.05, 3.63) is 50.1 Å². The molecule has 0 spiro atoms. The molecule has 126 valence electrons. The first-order valence-corrected chi connectivity index (χ1v) is 7.69. The number of hydrogen-bond donors (Lipinski definition) is 1. The molecule has 0 radical (unpaired) electrons. The van der Waals surface area contributed by atoms with E-state index in [0.717, 1.165) is 19.3 Å². The Balaban J connectivity index is 3.56. The van der Waals surface area contributed by atoms with Gasteiger partial charge in [-0.25, -0.2) is 0 Å². The first kappa shape index (κ1) is 18.6. The zero-order chi connectivity index (χ0) is 17.6. The summed E-state index contributed by atoms with van der Waals surface area (Å²) in [6, 6.07) is 1.37. The number of nitrogens with zero attached hydrogens (tertiary/aromatic N) is 2. The first-order chi connectivity index (χ1) is 10.9. The zero-order valence-electron chi connectivity index (χ0n) is 13.8. The minimum Gasteiger partial charge on any atom is -0.371 e. The molecule has 0 amide bonds. The zero-order valence-corrected chi connectivity index (χ0v) is 13.8. The molecule has 0 saturated carbocycles. The van der Waals surface area contributed by atoms with Crippen molar-refractivity contribution in [3.8, 4) is 0 Å². The molecule has 0 heterocycles. The summed E-state index contributed by atoms with van der Waals surface area (Å²) in [6.45, 7) is 9.17. The van der Waals surface area contributed by atoms with Crippen LogP contribution in [0.3, 0.4) is 0 Å². The van der Waals surface area contributed by atoms with Crippen LogP contribution in [0, 0.1) is 27.2 Å². The van der Waals surface area contributed by atoms with Crippen LogP contribution >= 0.6 is 0 Å². The maximum Gasteiger partial charge on any atom is 0.302 e. The summed E-state index contributed by atoms with van der Waals surface area (Å²) in [5.41, 5.74) is 0.520. The highest BCUT2D eigenvalue weighted by atomic mass is 16.6. The number of nitrogens with one attached hydrogen (secondary N) is 1. The summed E-state index contributed by atoms with van der Waals surface area (Å²) in [5.74, 6) is 0. The van der Waals surface area contributed by atoms with E-state index < -0.39 is 9.85 Å². The van der Waals surface area contributed by atoms with Gasteiger partial charge in [0.25, 0.3) is 5.69 Å². The SMILES string of the molecule is C=CCc1cc([N+](=O)[O-])c(NC(CC)CCC)c([N+](=O)[O-])c1C. The Labute approximate surface area is 135 Å². The van der Waals surface area contributed by atoms with Crippen molar-refractivity contribution in [1.82, 2.24) is 0 Å². The number of hydrogen-bond acceptors (Lipinski definition) is 5. The highest BCUT2D eigenvalue weighted by Gasteiger charge is 2.31. The van der Waals surface area contributed by atoms with Gasteiger partial charge < -0.3 is 5.32 Å². The Bertz CT molecular complexity index is 614. The second kappa shape index (κ2) is 8.26. The van der Waals surface area contributed by atoms with Crippen molar-refractivity contribution >= 4 is 17.1 Å². The molecule has 1 unspecified atom stereocenters. The van der Waals surface area contributed by atoms with Crippen LogP contribution in [0.4, 0.5) is 17.1 Å². The fourth-order valence-electron chi connectivity index (χ4n) is 2.62. The quantitative estimate of drug-likeness (QED) is 0.409. The molecule has 1 rings (SSSR count). The first-order valence-electron chi connectivity index (χ1n) is 7.69. The molecule has 0 aliphatic heterocycles. The number of allylic oxidation sites excluding steroid dienone is 1. The van der Waals surface area contributed by atoms with E-state index in [1.165, 1.54) is 6.07 Å². The minimum atomic E-state index is -0.569. The summed E-state index contributed by atoms with van der Waals surface area (Å²) in [4.78, 5) is 21.8. The van der Waals surface area contributed by atoms with E-state index in [1.807, 2.05) is 13.8 Å². The van der Waals surface area contributed by atoms with Crippen LogP contribution in [0.1, 0.15) is 44.2 Å². The van der Waals surface area contributed by atoms with E-state index in [9.17, 15) is 20.2 Å². The third-order valence-corrected chi connectivity index (χ3v) is 3.86. The molecule has 0 aromatic heterocycles. The van der Waals surface area contributed by atoms with Gasteiger partial charge in [-0.1, -0.05) is 26.3 Å². The molecule has 1 atom stereocenters. The molecule has 23 heavy (non-hydrogen) atoms. The maximum atomic E-state index is 11.5. The summed E-state index contributed by atoms with van der Waals surface area (Å²) < 4.78 is 0. The van der Waals surface area contributed by atoms with E-state index in [-0.39, 0.29) is 23.1 Å². The van der Waals surface area contributed by atoms with Gasteiger partial charge in [0.05, 0.1) is 9.85 Å². The minimum absolute atomic E-state index is 0.00520. The van der Waals surface area contributed by atoms with Gasteiger partial charge in [-0.05, 0) is 31.7 Å². The van der Waals surface area contributed by atoms with Crippen LogP contribution in [-0.2, 0) is 6.42 Å². The Hall–Kier alpha value is -2.44. The largest absolute Gasteiger partial charge is 0.371 e. The average Bonchev–Trinajstić information content (AvgIpc) is 2.48. The molecular formula is C16H23N3O4. The lowest BCUT2D eigenvalue weighted by Gasteiger charge is -2.19. The van der Waals surface area contributed by atoms with Gasteiger partial charge in [0.2, 0.25) is 0 Å². The van der Waals surface area contributed by atoms with Crippen LogP contribution in [0.2, 0.25) is 0 Å². The molecule has 0 aliphatic carbocycles. The molecule has 0 bridgehead atoms. The van der Waals surface area contributed by atoms with E-state index in [4.69, 9.17) is 0 Å². The van der Waals surface area contributed by atoms with E-state index in [1.54, 1.807) is 13.0 Å². The third kappa shape index (κ3) is 4.28. The lowest BCUT2D eigenvalue weighted by Crippen LogP contribution is -2.20. The van der Waals surface area contributed by atoms with Gasteiger partial charge >= 0.3 is 5.69 Å². The molecule has 0 saturated heterocycles. The predicted octanol–water partition coefficient (Wildman–Crippen LogP) is 4.53. The highest BCUT2D eigenvalue weighted by Crippen LogP contribution is 2.40. The second-order valence-corrected chi connectivity index (χ2v) is 5.45. The number of nitro benzene ring substituents is 2. The molecule has 1 aromatic carbocycles. The van der Waals surface area contributed by atoms with Crippen molar-refractivity contribution in [3.63, 3.8) is 0 Å². The summed E-state index contributed by atoms with van der Waals surface area (Å²) >= 11 is 0. The van der Waals surface area contributed by atoms with Gasteiger partial charge in [-0.2, -0.15) is 0 Å². The number of anilines is 1. The fourth-order valence-corrected chi connectivity index (χ4v) is 2.62. The third-order valence-electron chi connectivity index (χ3n) is 3.86. The monoisotopic (exact) mass is 321 g/mol. The lowest BCUT2D eigenvalue weighted by molar-refractivity contribution is -0.392. The van der Waals surface area contributed by atoms with Crippen LogP contribution in [0.5, 0.6) is 0 Å². The van der Waals surface area contributed by atoms with Gasteiger partial charge in [-0.15, -0.1) is 6.58 Å². The van der Waals surface area contributed by atoms with Crippen molar-refractivity contribution in [2.75, 3.05) is 5.32 Å². The lowest BCUT2D eigenvalue weighted by atomic mass is 9.99. The highest BCUT2D eigenvalue weighted by molar-refractivity contribution is 5.78. The van der Waals surface area contributed by atoms with Crippen molar-refractivity contribution < 1.29 is 9.85 Å². The summed E-state index contributed by atoms with van der Waals surface area (Å²) in [7, 11) is 0. The van der Waals surface area contributed by atoms with Crippen LogP contribution < -0.4 is 5.32 Å². The van der Waals surface area contributed by atoms with Gasteiger partial charge in [-0.3, -0.25) is 20.2 Å². The van der Waals surface area contributed by atoms with E-state index in [2.05, 4.69) is 11.9 Å². The molecule has 1 N–H and O–H groups in total. The molecule has 7 nitrogen and oxygen atoms in total. The summed E-state index contributed by atoms with van der Waals surface area (Å²) in [5, 5.41) is 26.0. The Morgan fingerprint density at radius 3 is 2.39 bits per heavy atom. The molecule has 0 fully saturated rings. The van der Waals surface area contributed by atoms with Crippen molar-refractivity contribution in [2.24, 2.45) is 0 Å². The van der Waals surface area contributed by atoms with E-state index >= 15 is 0 Å². The smallest absolute Gasteiger partial charge is 0.302 e. The van der Waals surface area contributed by atoms with Crippen molar-refractivity contribution in [1.29, 1.82) is 0 Å². The topological polar surface area (TPSA) is 98.3 Å². The number of rotatable bonds is 9. The van der Waals surface area contributed by atoms with Crippen LogP contribution in [0.15, 0.2) is 18.7 Å². The molecular weight excluding hydrogens is 298 g/mol. The van der Waals surface area contributed by atoms with Crippen molar-refractivity contribution in [2.45, 2.75) is 52.5 Å². The van der Waals surface area contributed by atoms with Gasteiger partial charge in [0, 0.05) is 17.7 Å². The summed E-state index contributed by atoms with van der Waals surface area (Å²) in [6.07, 6.45) is 4.34. The van der Waals surface area contributed by atoms with Gasteiger partial charge in [0.15, 0.2) is 5.69 Å². The van der Waals surface area contributed by atoms with E-state index in [0.29, 0.717) is 17.5 Å². The Morgan fingerprint density at radius 2 is 1.96 bits per heavy atom. The number of benzene rings is 1. The normalized spacial score (nSPS) is 11.8. The maximum absolute atomic E-state index is 11.5. The number of nitro groups is 2. The second-order valence-electron chi connectivity index (χ2n) is 5.45. The standard InChI is InChI=1S/C16H23N3O4/c1-5-8-12-10-14(18(20)21)15(16(11(12)4)19(22)23)17-13(7-3)9-6-2/h5,10,13,17H,1,6-9H2,2-4H3. The van der Waals surface area contributed by atoms with Crippen LogP contribution in [0.25, 0.3) is 0 Å². The van der Waals surface area contributed by atoms with Crippen LogP contribution in [-0.4, -0.2) is 15.9 Å². The molecule has 0 aliphatic rings. The Kier molecular flexibility index (Phi) is 6.68.